The number of benzene rings is 1. The molecule has 0 aliphatic carbocycles. The Labute approximate surface area is 163 Å². The van der Waals surface area contributed by atoms with Crippen LogP contribution >= 0.6 is 12.4 Å². The monoisotopic (exact) mass is 381 g/mol. The van der Waals surface area contributed by atoms with Crippen LogP contribution in [-0.4, -0.2) is 41.9 Å². The normalized spacial score (nSPS) is 18.4. The van der Waals surface area contributed by atoms with E-state index in [0.29, 0.717) is 18.7 Å². The fourth-order valence-electron chi connectivity index (χ4n) is 3.04. The molecule has 2 rings (SSSR count). The van der Waals surface area contributed by atoms with Crippen LogP contribution in [0.3, 0.4) is 0 Å². The van der Waals surface area contributed by atoms with Crippen LogP contribution in [0.4, 0.5) is 0 Å². The minimum absolute atomic E-state index is 0. The number of nitrogens with one attached hydrogen (secondary N) is 1. The van der Waals surface area contributed by atoms with E-state index in [1.54, 1.807) is 4.90 Å². The molecule has 1 aromatic carbocycles. The van der Waals surface area contributed by atoms with E-state index < -0.39 is 6.04 Å². The lowest BCUT2D eigenvalue weighted by molar-refractivity contribution is -0.133. The van der Waals surface area contributed by atoms with Crippen LogP contribution in [0, 0.1) is 5.92 Å². The summed E-state index contributed by atoms with van der Waals surface area (Å²) in [7, 11) is 0. The van der Waals surface area contributed by atoms with Crippen molar-refractivity contribution in [2.24, 2.45) is 11.7 Å². The summed E-state index contributed by atoms with van der Waals surface area (Å²) in [5.74, 6) is -0.235. The van der Waals surface area contributed by atoms with Crippen LogP contribution in [-0.2, 0) is 10.2 Å². The molecule has 2 atom stereocenters. The highest BCUT2D eigenvalue weighted by Gasteiger charge is 2.32. The molecule has 6 heteroatoms. The average Bonchev–Trinajstić information content (AvgIpc) is 2.97. The molecule has 1 heterocycles. The van der Waals surface area contributed by atoms with Crippen molar-refractivity contribution in [3.05, 3.63) is 35.4 Å². The van der Waals surface area contributed by atoms with Gasteiger partial charge in [0.05, 0.1) is 0 Å². The van der Waals surface area contributed by atoms with Crippen molar-refractivity contribution in [2.75, 3.05) is 13.1 Å². The molecule has 2 amide bonds. The van der Waals surface area contributed by atoms with Crippen molar-refractivity contribution in [1.29, 1.82) is 0 Å². The van der Waals surface area contributed by atoms with Gasteiger partial charge in [0.15, 0.2) is 0 Å². The molecule has 1 aliphatic rings. The number of rotatable bonds is 4. The summed E-state index contributed by atoms with van der Waals surface area (Å²) in [4.78, 5) is 27.1. The molecular weight excluding hydrogens is 350 g/mol. The SMILES string of the molecule is CC(C)C(NC(=O)c1ccc(C(C)(C)C)cc1)C(=O)N1CC[C@@H](N)C1.Cl. The minimum Gasteiger partial charge on any atom is -0.340 e. The maximum absolute atomic E-state index is 12.7. The van der Waals surface area contributed by atoms with Crippen LogP contribution in [0.25, 0.3) is 0 Å². The van der Waals surface area contributed by atoms with Gasteiger partial charge in [-0.15, -0.1) is 12.4 Å². The molecule has 1 aliphatic heterocycles. The Morgan fingerprint density at radius 3 is 2.19 bits per heavy atom. The van der Waals surface area contributed by atoms with E-state index in [0.717, 1.165) is 6.42 Å². The summed E-state index contributed by atoms with van der Waals surface area (Å²) in [6, 6.07) is 7.10. The van der Waals surface area contributed by atoms with Gasteiger partial charge in [-0.2, -0.15) is 0 Å². The molecule has 1 fully saturated rings. The number of likely N-dealkylation sites (tertiary alicyclic amines) is 1. The number of halogens is 1. The second-order valence-corrected chi connectivity index (χ2v) is 8.36. The first-order valence-electron chi connectivity index (χ1n) is 9.05. The third-order valence-electron chi connectivity index (χ3n) is 4.77. The molecule has 5 nitrogen and oxygen atoms in total. The van der Waals surface area contributed by atoms with E-state index in [1.807, 2.05) is 38.1 Å². The molecule has 0 bridgehead atoms. The second kappa shape index (κ2) is 8.87. The van der Waals surface area contributed by atoms with Gasteiger partial charge in [0, 0.05) is 24.7 Å². The number of amides is 2. The number of hydrogen-bond acceptors (Lipinski definition) is 3. The fraction of sp³-hybridized carbons (Fsp3) is 0.600. The number of carbonyl (C=O) groups is 2. The average molecular weight is 382 g/mol. The van der Waals surface area contributed by atoms with Crippen molar-refractivity contribution in [2.45, 2.75) is 58.5 Å². The highest BCUT2D eigenvalue weighted by molar-refractivity contribution is 5.97. The zero-order valence-electron chi connectivity index (χ0n) is 16.4. The van der Waals surface area contributed by atoms with Crippen LogP contribution in [0.2, 0.25) is 0 Å². The third kappa shape index (κ3) is 5.45. The van der Waals surface area contributed by atoms with Crippen LogP contribution in [0.1, 0.15) is 57.0 Å². The lowest BCUT2D eigenvalue weighted by Crippen LogP contribution is -2.51. The van der Waals surface area contributed by atoms with E-state index in [-0.39, 0.29) is 41.6 Å². The molecule has 26 heavy (non-hydrogen) atoms. The summed E-state index contributed by atoms with van der Waals surface area (Å²) >= 11 is 0. The molecular formula is C20H32ClN3O2. The van der Waals surface area contributed by atoms with Crippen molar-refractivity contribution in [3.8, 4) is 0 Å². The fourth-order valence-corrected chi connectivity index (χ4v) is 3.04. The quantitative estimate of drug-likeness (QED) is 0.841. The number of carbonyl (C=O) groups excluding carboxylic acids is 2. The molecule has 0 aromatic heterocycles. The second-order valence-electron chi connectivity index (χ2n) is 8.36. The highest BCUT2D eigenvalue weighted by atomic mass is 35.5. The Hall–Kier alpha value is -1.59. The third-order valence-corrected chi connectivity index (χ3v) is 4.77. The van der Waals surface area contributed by atoms with Gasteiger partial charge in [0.25, 0.3) is 5.91 Å². The zero-order valence-corrected chi connectivity index (χ0v) is 17.2. The van der Waals surface area contributed by atoms with Crippen LogP contribution in [0.15, 0.2) is 24.3 Å². The van der Waals surface area contributed by atoms with Gasteiger partial charge in [0.1, 0.15) is 6.04 Å². The zero-order chi connectivity index (χ0) is 18.8. The molecule has 0 spiro atoms. The van der Waals surface area contributed by atoms with Crippen molar-refractivity contribution < 1.29 is 9.59 Å². The minimum atomic E-state index is -0.528. The smallest absolute Gasteiger partial charge is 0.251 e. The van der Waals surface area contributed by atoms with E-state index in [2.05, 4.69) is 26.1 Å². The molecule has 0 radical (unpaired) electrons. The van der Waals surface area contributed by atoms with Crippen molar-refractivity contribution in [3.63, 3.8) is 0 Å². The predicted octanol–water partition coefficient (Wildman–Crippen LogP) is 2.72. The standard InChI is InChI=1S/C20H31N3O2.ClH/c1-13(2)17(19(25)23-11-10-16(21)12-23)22-18(24)14-6-8-15(9-7-14)20(3,4)5;/h6-9,13,16-17H,10-12,21H2,1-5H3,(H,22,24);1H/t16-,17?;/m1./s1. The van der Waals surface area contributed by atoms with Gasteiger partial charge in [0.2, 0.25) is 5.91 Å². The Morgan fingerprint density at radius 2 is 1.77 bits per heavy atom. The van der Waals surface area contributed by atoms with Gasteiger partial charge in [-0.1, -0.05) is 46.8 Å². The summed E-state index contributed by atoms with van der Waals surface area (Å²) in [6.45, 7) is 11.5. The first-order valence-corrected chi connectivity index (χ1v) is 9.05. The molecule has 0 saturated carbocycles. The van der Waals surface area contributed by atoms with Gasteiger partial charge < -0.3 is 16.0 Å². The number of nitrogens with zero attached hydrogens (tertiary/aromatic N) is 1. The predicted molar refractivity (Wildman–Crippen MR) is 108 cm³/mol. The first kappa shape index (κ1) is 22.5. The van der Waals surface area contributed by atoms with E-state index in [1.165, 1.54) is 5.56 Å². The number of hydrogen-bond donors (Lipinski definition) is 2. The molecule has 3 N–H and O–H groups in total. The summed E-state index contributed by atoms with van der Waals surface area (Å²) in [5.41, 5.74) is 7.69. The van der Waals surface area contributed by atoms with Gasteiger partial charge in [-0.25, -0.2) is 0 Å². The van der Waals surface area contributed by atoms with Crippen LogP contribution < -0.4 is 11.1 Å². The largest absolute Gasteiger partial charge is 0.340 e. The van der Waals surface area contributed by atoms with Crippen molar-refractivity contribution >= 4 is 24.2 Å². The lowest BCUT2D eigenvalue weighted by Gasteiger charge is -2.27. The molecule has 1 saturated heterocycles. The Kier molecular flexibility index (Phi) is 7.66. The van der Waals surface area contributed by atoms with Gasteiger partial charge in [-0.05, 0) is 35.4 Å². The van der Waals surface area contributed by atoms with Crippen molar-refractivity contribution in [1.82, 2.24) is 10.2 Å². The maximum Gasteiger partial charge on any atom is 0.251 e. The number of nitrogens with two attached hydrogens (primary N) is 1. The van der Waals surface area contributed by atoms with E-state index in [9.17, 15) is 9.59 Å². The molecule has 1 aromatic rings. The molecule has 1 unspecified atom stereocenters. The van der Waals surface area contributed by atoms with Gasteiger partial charge >= 0.3 is 0 Å². The first-order chi connectivity index (χ1) is 11.6. The Bertz CT molecular complexity index is 623. The summed E-state index contributed by atoms with van der Waals surface area (Å²) in [5, 5.41) is 2.91. The van der Waals surface area contributed by atoms with Gasteiger partial charge in [-0.3, -0.25) is 9.59 Å². The summed E-state index contributed by atoms with van der Waals surface area (Å²) < 4.78 is 0. The highest BCUT2D eigenvalue weighted by Crippen LogP contribution is 2.22. The Morgan fingerprint density at radius 1 is 1.19 bits per heavy atom. The topological polar surface area (TPSA) is 75.4 Å². The lowest BCUT2D eigenvalue weighted by atomic mass is 9.86. The molecule has 146 valence electrons. The maximum atomic E-state index is 12.7. The van der Waals surface area contributed by atoms with E-state index >= 15 is 0 Å². The van der Waals surface area contributed by atoms with E-state index in [4.69, 9.17) is 5.73 Å². The van der Waals surface area contributed by atoms with Crippen LogP contribution in [0.5, 0.6) is 0 Å². The Balaban J connectivity index is 0.00000338. The summed E-state index contributed by atoms with van der Waals surface area (Å²) in [6.07, 6.45) is 0.818.